The number of aromatic nitrogens is 1. The largest absolute Gasteiger partial charge is 0.444 e. The van der Waals surface area contributed by atoms with Crippen molar-refractivity contribution in [3.8, 4) is 0 Å². The van der Waals surface area contributed by atoms with E-state index in [9.17, 15) is 24.0 Å². The molecule has 3 rings (SSSR count). The number of rotatable bonds is 26. The monoisotopic (exact) mass is 956 g/mol. The van der Waals surface area contributed by atoms with Crippen molar-refractivity contribution < 1.29 is 38.2 Å². The highest BCUT2D eigenvalue weighted by atomic mass is 32.1. The van der Waals surface area contributed by atoms with Gasteiger partial charge in [-0.1, -0.05) is 85.2 Å². The number of hydrogen-bond acceptors (Lipinski definition) is 11. The third kappa shape index (κ3) is 16.8. The third-order valence-electron chi connectivity index (χ3n) is 13.2. The lowest BCUT2D eigenvalue weighted by Gasteiger charge is -2.41. The van der Waals surface area contributed by atoms with Crippen molar-refractivity contribution >= 4 is 41.1 Å². The molecule has 1 fully saturated rings. The molecule has 0 saturated carbocycles. The van der Waals surface area contributed by atoms with Gasteiger partial charge in [0, 0.05) is 53.0 Å². The Bertz CT molecular complexity index is 1830. The summed E-state index contributed by atoms with van der Waals surface area (Å²) in [6, 6.07) is 7.54. The number of carbonyl (C=O) groups excluding carboxylic acids is 5. The summed E-state index contributed by atoms with van der Waals surface area (Å²) in [6.07, 6.45) is 4.42. The minimum absolute atomic E-state index is 0.0202. The molecule has 0 spiro atoms. The molecule has 1 aromatic carbocycles. The van der Waals surface area contributed by atoms with Gasteiger partial charge in [0.2, 0.25) is 23.6 Å². The maximum atomic E-state index is 14.6. The Balaban J connectivity index is 1.73. The van der Waals surface area contributed by atoms with Crippen molar-refractivity contribution in [3.05, 3.63) is 52.5 Å². The molecule has 15 nitrogen and oxygen atoms in total. The molecule has 5 amide bonds. The first-order valence-corrected chi connectivity index (χ1v) is 25.2. The molecule has 0 unspecified atom stereocenters. The number of nitrogens with one attached hydrogen (secondary N) is 2. The average Bonchev–Trinajstić information content (AvgIpc) is 4.00. The van der Waals surface area contributed by atoms with Gasteiger partial charge in [0.25, 0.3) is 0 Å². The molecular formula is C51H85N7O8S. The van der Waals surface area contributed by atoms with Gasteiger partial charge in [0.15, 0.2) is 0 Å². The summed E-state index contributed by atoms with van der Waals surface area (Å²) in [5.41, 5.74) is 0.513. The molecule has 0 bridgehead atoms. The van der Waals surface area contributed by atoms with E-state index in [1.54, 1.807) is 44.3 Å². The van der Waals surface area contributed by atoms with Gasteiger partial charge in [-0.25, -0.2) is 9.78 Å². The predicted octanol–water partition coefficient (Wildman–Crippen LogP) is 7.21. The molecule has 1 aromatic heterocycles. The van der Waals surface area contributed by atoms with E-state index in [1.165, 1.54) is 11.3 Å². The van der Waals surface area contributed by atoms with Gasteiger partial charge in [0.1, 0.15) is 16.7 Å². The van der Waals surface area contributed by atoms with Crippen LogP contribution in [-0.2, 0) is 39.8 Å². The SMILES string of the molecule is CC[C@H](C)[C@@H]([C@@H](CC(=O)N1CCC[C@H]1[C@H](OC)[C@@H](C)C(=O)N[C@@H](Cc1ccccc1)c1nccs1)OC)N(C)C(=O)[C@@H](NC(=O)[C@H](C(C)C)N(C)CCCCN(C)C(=O)OC(C)(C)C)C(C)C. The standard InChI is InChI=1S/C51H85N7O8S/c1-16-35(6)44(57(13)49(62)42(33(2)3)54-47(61)43(34(4)5)55(11)27-20-21-28-56(12)50(63)66-51(8,9)10)40(64-14)32-41(59)58-29-22-25-39(58)45(65-15)36(7)46(60)53-38(48-52-26-30-67-48)31-37-23-18-17-19-24-37/h17-19,23-24,26,30,33-36,38-40,42-45H,16,20-22,25,27-29,31-32H2,1-15H3,(H,53,60)(H,54,61)/t35-,36+,38-,39-,40+,42-,43-,44-,45+/m0/s1. The van der Waals surface area contributed by atoms with Gasteiger partial charge in [-0.3, -0.25) is 24.1 Å². The van der Waals surface area contributed by atoms with Crippen LogP contribution in [0.1, 0.15) is 124 Å². The molecule has 9 atom stereocenters. The zero-order valence-corrected chi connectivity index (χ0v) is 44.2. The molecule has 0 aliphatic carbocycles. The number of likely N-dealkylation sites (tertiary alicyclic amines) is 1. The van der Waals surface area contributed by atoms with E-state index < -0.39 is 41.9 Å². The fraction of sp³-hybridized carbons (Fsp3) is 0.725. The van der Waals surface area contributed by atoms with Crippen LogP contribution in [0.3, 0.4) is 0 Å². The topological polar surface area (TPSA) is 163 Å². The van der Waals surface area contributed by atoms with Crippen LogP contribution in [0.5, 0.6) is 0 Å². The van der Waals surface area contributed by atoms with Gasteiger partial charge in [-0.15, -0.1) is 11.3 Å². The minimum Gasteiger partial charge on any atom is -0.444 e. The fourth-order valence-electron chi connectivity index (χ4n) is 9.33. The van der Waals surface area contributed by atoms with Crippen LogP contribution < -0.4 is 10.6 Å². The van der Waals surface area contributed by atoms with E-state index in [2.05, 4.69) is 29.5 Å². The van der Waals surface area contributed by atoms with Crippen molar-refractivity contribution in [1.29, 1.82) is 0 Å². The normalized spacial score (nSPS) is 17.9. The first-order valence-electron chi connectivity index (χ1n) is 24.4. The zero-order valence-electron chi connectivity index (χ0n) is 43.4. The average molecular weight is 956 g/mol. The van der Waals surface area contributed by atoms with Crippen LogP contribution in [0.2, 0.25) is 0 Å². The fourth-order valence-corrected chi connectivity index (χ4v) is 10.0. The zero-order chi connectivity index (χ0) is 50.2. The number of ether oxygens (including phenoxy) is 3. The second kappa shape index (κ2) is 27.2. The van der Waals surface area contributed by atoms with E-state index in [-0.39, 0.29) is 66.0 Å². The van der Waals surface area contributed by atoms with E-state index in [4.69, 9.17) is 14.2 Å². The lowest BCUT2D eigenvalue weighted by Crippen LogP contribution is -2.60. The summed E-state index contributed by atoms with van der Waals surface area (Å²) < 4.78 is 17.7. The van der Waals surface area contributed by atoms with E-state index in [0.717, 1.165) is 36.3 Å². The molecule has 2 aromatic rings. The van der Waals surface area contributed by atoms with Gasteiger partial charge in [-0.2, -0.15) is 0 Å². The Morgan fingerprint density at radius 3 is 2.10 bits per heavy atom. The summed E-state index contributed by atoms with van der Waals surface area (Å²) in [5.74, 6) is -1.68. The van der Waals surface area contributed by atoms with Crippen LogP contribution in [-0.4, -0.2) is 151 Å². The van der Waals surface area contributed by atoms with Gasteiger partial charge in [-0.05, 0) is 89.8 Å². The smallest absolute Gasteiger partial charge is 0.410 e. The van der Waals surface area contributed by atoms with E-state index in [0.29, 0.717) is 32.5 Å². The summed E-state index contributed by atoms with van der Waals surface area (Å²) in [6.45, 7) is 21.0. The highest BCUT2D eigenvalue weighted by Crippen LogP contribution is 2.31. The summed E-state index contributed by atoms with van der Waals surface area (Å²) in [7, 11) is 8.55. The summed E-state index contributed by atoms with van der Waals surface area (Å²) in [4.78, 5) is 81.3. The predicted molar refractivity (Wildman–Crippen MR) is 265 cm³/mol. The quantitative estimate of drug-likeness (QED) is 0.0923. The first-order chi connectivity index (χ1) is 31.6. The minimum atomic E-state index is -0.824. The first kappa shape index (κ1) is 57.2. The molecule has 67 heavy (non-hydrogen) atoms. The molecule has 2 heterocycles. The van der Waals surface area contributed by atoms with Crippen molar-refractivity contribution in [2.24, 2.45) is 23.7 Å². The second-order valence-electron chi connectivity index (χ2n) is 20.2. The molecule has 0 radical (unpaired) electrons. The molecular weight excluding hydrogens is 871 g/mol. The molecule has 1 saturated heterocycles. The Hall–Kier alpha value is -4.12. The number of thiazole rings is 1. The molecule has 378 valence electrons. The lowest BCUT2D eigenvalue weighted by atomic mass is 9.89. The Morgan fingerprint density at radius 1 is 0.896 bits per heavy atom. The van der Waals surface area contributed by atoms with Crippen LogP contribution in [0.4, 0.5) is 4.79 Å². The number of likely N-dealkylation sites (N-methyl/N-ethyl adjacent to an activating group) is 2. The van der Waals surface area contributed by atoms with Gasteiger partial charge < -0.3 is 39.5 Å². The summed E-state index contributed by atoms with van der Waals surface area (Å²) in [5, 5.41) is 9.09. The molecule has 1 aliphatic rings. The number of carbonyl (C=O) groups is 5. The molecule has 1 aliphatic heterocycles. The lowest BCUT2D eigenvalue weighted by molar-refractivity contribution is -0.148. The maximum absolute atomic E-state index is 14.6. The molecule has 2 N–H and O–H groups in total. The highest BCUT2D eigenvalue weighted by molar-refractivity contribution is 7.09. The maximum Gasteiger partial charge on any atom is 0.410 e. The number of unbranched alkanes of at least 4 members (excludes halogenated alkanes) is 1. The van der Waals surface area contributed by atoms with Crippen LogP contribution in [0, 0.1) is 23.7 Å². The van der Waals surface area contributed by atoms with E-state index >= 15 is 0 Å². The number of nitrogens with zero attached hydrogens (tertiary/aromatic N) is 5. The summed E-state index contributed by atoms with van der Waals surface area (Å²) >= 11 is 1.50. The number of amides is 5. The Labute approximate surface area is 406 Å². The van der Waals surface area contributed by atoms with Gasteiger partial charge in [0.05, 0.1) is 48.7 Å². The second-order valence-corrected chi connectivity index (χ2v) is 21.1. The number of methoxy groups -OCH3 is 2. The highest BCUT2D eigenvalue weighted by Gasteiger charge is 2.43. The van der Waals surface area contributed by atoms with Crippen molar-refractivity contribution in [2.45, 2.75) is 162 Å². The Morgan fingerprint density at radius 2 is 1.55 bits per heavy atom. The van der Waals surface area contributed by atoms with Crippen LogP contribution in [0.25, 0.3) is 0 Å². The van der Waals surface area contributed by atoms with E-state index in [1.807, 2.05) is 108 Å². The number of hydrogen-bond donors (Lipinski definition) is 2. The Kier molecular flexibility index (Phi) is 23.2. The van der Waals surface area contributed by atoms with Gasteiger partial charge >= 0.3 is 6.09 Å². The van der Waals surface area contributed by atoms with Crippen molar-refractivity contribution in [2.75, 3.05) is 55.0 Å². The van der Waals surface area contributed by atoms with Crippen LogP contribution in [0.15, 0.2) is 41.9 Å². The van der Waals surface area contributed by atoms with Crippen molar-refractivity contribution in [3.63, 3.8) is 0 Å². The van der Waals surface area contributed by atoms with Crippen LogP contribution >= 0.6 is 11.3 Å². The molecule has 16 heteroatoms. The number of benzene rings is 1. The van der Waals surface area contributed by atoms with Crippen molar-refractivity contribution in [1.82, 2.24) is 35.2 Å². The third-order valence-corrected chi connectivity index (χ3v) is 14.1.